The lowest BCUT2D eigenvalue weighted by atomic mass is 10.2. The van der Waals surface area contributed by atoms with Gasteiger partial charge in [-0.1, -0.05) is 12.1 Å². The largest absolute Gasteiger partial charge is 0.355 e. The quantitative estimate of drug-likeness (QED) is 0.421. The first kappa shape index (κ1) is 23.9. The summed E-state index contributed by atoms with van der Waals surface area (Å²) < 4.78 is 0. The molecule has 0 spiro atoms. The number of amides is 1. The topological polar surface area (TPSA) is 72.0 Å². The second-order valence-electron chi connectivity index (χ2n) is 7.76. The van der Waals surface area contributed by atoms with Gasteiger partial charge in [0, 0.05) is 44.5 Å². The maximum atomic E-state index is 11.9. The Morgan fingerprint density at radius 1 is 1.11 bits per heavy atom. The van der Waals surface area contributed by atoms with Gasteiger partial charge in [0.2, 0.25) is 5.91 Å². The standard InChI is InChI=1S/C21H38N6O/c1-16(2)27(17(3)4)12-11-23-21(22-5)24-14-18-9-8-10-19(13-18)25-20(28)15-26(6)7/h8-10,13,16-17H,11-12,14-15H2,1-7H3,(H,25,28)(H2,22,23,24). The van der Waals surface area contributed by atoms with Crippen LogP contribution in [0.2, 0.25) is 0 Å². The number of nitrogens with one attached hydrogen (secondary N) is 3. The molecule has 1 amide bonds. The third-order valence-electron chi connectivity index (χ3n) is 4.34. The monoisotopic (exact) mass is 390 g/mol. The number of benzene rings is 1. The number of likely N-dealkylation sites (N-methyl/N-ethyl adjacent to an activating group) is 1. The van der Waals surface area contributed by atoms with Crippen LogP contribution in [0.15, 0.2) is 29.3 Å². The van der Waals surface area contributed by atoms with Crippen LogP contribution in [0, 0.1) is 0 Å². The van der Waals surface area contributed by atoms with Gasteiger partial charge in [-0.05, 0) is 59.5 Å². The van der Waals surface area contributed by atoms with Crippen molar-refractivity contribution in [1.29, 1.82) is 0 Å². The lowest BCUT2D eigenvalue weighted by Gasteiger charge is -2.30. The molecule has 0 heterocycles. The van der Waals surface area contributed by atoms with Gasteiger partial charge in [-0.2, -0.15) is 0 Å². The normalized spacial score (nSPS) is 12.2. The predicted octanol–water partition coefficient (Wildman–Crippen LogP) is 1.97. The predicted molar refractivity (Wildman–Crippen MR) is 119 cm³/mol. The van der Waals surface area contributed by atoms with E-state index >= 15 is 0 Å². The van der Waals surface area contributed by atoms with Gasteiger partial charge in [0.05, 0.1) is 6.54 Å². The van der Waals surface area contributed by atoms with E-state index in [1.165, 1.54) is 0 Å². The van der Waals surface area contributed by atoms with E-state index in [1.807, 2.05) is 43.3 Å². The summed E-state index contributed by atoms with van der Waals surface area (Å²) in [5, 5.41) is 9.62. The first-order chi connectivity index (χ1) is 13.2. The number of aliphatic imine (C=N–C) groups is 1. The fourth-order valence-corrected chi connectivity index (χ4v) is 3.07. The molecule has 0 aliphatic carbocycles. The second-order valence-corrected chi connectivity index (χ2v) is 7.76. The van der Waals surface area contributed by atoms with Gasteiger partial charge in [0.1, 0.15) is 0 Å². The van der Waals surface area contributed by atoms with E-state index in [9.17, 15) is 4.79 Å². The molecule has 3 N–H and O–H groups in total. The zero-order valence-corrected chi connectivity index (χ0v) is 18.5. The van der Waals surface area contributed by atoms with Crippen LogP contribution in [0.3, 0.4) is 0 Å². The van der Waals surface area contributed by atoms with Crippen molar-refractivity contribution in [3.63, 3.8) is 0 Å². The van der Waals surface area contributed by atoms with Gasteiger partial charge < -0.3 is 20.9 Å². The van der Waals surface area contributed by atoms with Gasteiger partial charge in [-0.15, -0.1) is 0 Å². The Morgan fingerprint density at radius 3 is 2.36 bits per heavy atom. The van der Waals surface area contributed by atoms with Gasteiger partial charge in [0.15, 0.2) is 5.96 Å². The molecule has 0 aliphatic heterocycles. The Hall–Kier alpha value is -2.12. The lowest BCUT2D eigenvalue weighted by Crippen LogP contribution is -2.45. The average molecular weight is 391 g/mol. The minimum Gasteiger partial charge on any atom is -0.355 e. The minimum atomic E-state index is -0.0209. The highest BCUT2D eigenvalue weighted by atomic mass is 16.2. The SMILES string of the molecule is CN=C(NCCN(C(C)C)C(C)C)NCc1cccc(NC(=O)CN(C)C)c1. The molecule has 0 saturated heterocycles. The molecule has 0 fully saturated rings. The molecule has 0 aromatic heterocycles. The first-order valence-electron chi connectivity index (χ1n) is 9.96. The van der Waals surface area contributed by atoms with E-state index < -0.39 is 0 Å². The van der Waals surface area contributed by atoms with Crippen molar-refractivity contribution in [2.45, 2.75) is 46.3 Å². The van der Waals surface area contributed by atoms with E-state index in [1.54, 1.807) is 7.05 Å². The van der Waals surface area contributed by atoms with Crippen LogP contribution in [-0.4, -0.2) is 74.5 Å². The van der Waals surface area contributed by atoms with Crippen LogP contribution in [0.25, 0.3) is 0 Å². The van der Waals surface area contributed by atoms with Crippen LogP contribution < -0.4 is 16.0 Å². The van der Waals surface area contributed by atoms with Crippen molar-refractivity contribution < 1.29 is 4.79 Å². The van der Waals surface area contributed by atoms with Crippen LogP contribution >= 0.6 is 0 Å². The van der Waals surface area contributed by atoms with E-state index in [4.69, 9.17) is 0 Å². The molecular weight excluding hydrogens is 352 g/mol. The molecule has 7 heteroatoms. The Labute approximate surface area is 170 Å². The van der Waals surface area contributed by atoms with Gasteiger partial charge >= 0.3 is 0 Å². The Kier molecular flexibility index (Phi) is 10.6. The summed E-state index contributed by atoms with van der Waals surface area (Å²) in [6, 6.07) is 8.89. The molecule has 0 aliphatic rings. The maximum absolute atomic E-state index is 11.9. The van der Waals surface area contributed by atoms with Crippen molar-refractivity contribution in [2.24, 2.45) is 4.99 Å². The van der Waals surface area contributed by atoms with Crippen molar-refractivity contribution >= 4 is 17.6 Å². The zero-order valence-electron chi connectivity index (χ0n) is 18.5. The van der Waals surface area contributed by atoms with Crippen molar-refractivity contribution in [2.75, 3.05) is 46.1 Å². The average Bonchev–Trinajstić information content (AvgIpc) is 2.60. The van der Waals surface area contributed by atoms with Crippen LogP contribution in [0.1, 0.15) is 33.3 Å². The van der Waals surface area contributed by atoms with E-state index in [0.29, 0.717) is 25.2 Å². The molecule has 1 aromatic carbocycles. The third-order valence-corrected chi connectivity index (χ3v) is 4.34. The van der Waals surface area contributed by atoms with Crippen molar-refractivity contribution in [1.82, 2.24) is 20.4 Å². The summed E-state index contributed by atoms with van der Waals surface area (Å²) in [5.74, 6) is 0.752. The molecule has 158 valence electrons. The van der Waals surface area contributed by atoms with Crippen LogP contribution in [-0.2, 0) is 11.3 Å². The molecule has 1 rings (SSSR count). The first-order valence-corrected chi connectivity index (χ1v) is 9.96. The second kappa shape index (κ2) is 12.4. The summed E-state index contributed by atoms with van der Waals surface area (Å²) >= 11 is 0. The molecule has 28 heavy (non-hydrogen) atoms. The minimum absolute atomic E-state index is 0.0209. The van der Waals surface area contributed by atoms with Crippen molar-refractivity contribution in [3.8, 4) is 0 Å². The fourth-order valence-electron chi connectivity index (χ4n) is 3.07. The molecule has 0 atom stereocenters. The van der Waals surface area contributed by atoms with Gasteiger partial charge in [0.25, 0.3) is 0 Å². The Bertz CT molecular complexity index is 619. The molecule has 0 unspecified atom stereocenters. The summed E-state index contributed by atoms with van der Waals surface area (Å²) in [6.07, 6.45) is 0. The van der Waals surface area contributed by atoms with E-state index in [2.05, 4.69) is 53.5 Å². The summed E-state index contributed by atoms with van der Waals surface area (Å²) in [7, 11) is 5.52. The van der Waals surface area contributed by atoms with Crippen molar-refractivity contribution in [3.05, 3.63) is 29.8 Å². The Morgan fingerprint density at radius 2 is 1.79 bits per heavy atom. The number of hydrogen-bond donors (Lipinski definition) is 3. The summed E-state index contributed by atoms with van der Waals surface area (Å²) in [5.41, 5.74) is 1.88. The number of rotatable bonds is 10. The number of nitrogens with zero attached hydrogens (tertiary/aromatic N) is 3. The Balaban J connectivity index is 2.51. The highest BCUT2D eigenvalue weighted by molar-refractivity contribution is 5.92. The smallest absolute Gasteiger partial charge is 0.238 e. The van der Waals surface area contributed by atoms with E-state index in [0.717, 1.165) is 30.3 Å². The molecule has 0 radical (unpaired) electrons. The number of anilines is 1. The zero-order chi connectivity index (χ0) is 21.1. The highest BCUT2D eigenvalue weighted by Crippen LogP contribution is 2.10. The molecule has 1 aromatic rings. The van der Waals surface area contributed by atoms with Crippen LogP contribution in [0.5, 0.6) is 0 Å². The van der Waals surface area contributed by atoms with Crippen LogP contribution in [0.4, 0.5) is 5.69 Å². The molecule has 0 saturated carbocycles. The third kappa shape index (κ3) is 9.19. The van der Waals surface area contributed by atoms with Gasteiger partial charge in [-0.25, -0.2) is 0 Å². The fraction of sp³-hybridized carbons (Fsp3) is 0.619. The maximum Gasteiger partial charge on any atom is 0.238 e. The van der Waals surface area contributed by atoms with Gasteiger partial charge in [-0.3, -0.25) is 14.7 Å². The van der Waals surface area contributed by atoms with E-state index in [-0.39, 0.29) is 5.91 Å². The number of carbonyl (C=O) groups is 1. The lowest BCUT2D eigenvalue weighted by molar-refractivity contribution is -0.116. The molecule has 0 bridgehead atoms. The highest BCUT2D eigenvalue weighted by Gasteiger charge is 2.12. The summed E-state index contributed by atoms with van der Waals surface area (Å²) in [4.78, 5) is 20.5. The summed E-state index contributed by atoms with van der Waals surface area (Å²) in [6.45, 7) is 11.7. The molecule has 7 nitrogen and oxygen atoms in total. The molecular formula is C21H38N6O. The number of hydrogen-bond acceptors (Lipinski definition) is 4. The number of carbonyl (C=O) groups excluding carboxylic acids is 1. The number of guanidine groups is 1.